The molecule has 2 N–H and O–H groups in total. The van der Waals surface area contributed by atoms with Crippen LogP contribution in [-0.4, -0.2) is 60.5 Å². The number of benzene rings is 3. The zero-order valence-corrected chi connectivity index (χ0v) is 30.1. The first kappa shape index (κ1) is 39.6. The molecule has 0 unspecified atom stereocenters. The molecule has 2 atom stereocenters. The Kier molecular flexibility index (Phi) is 13.1. The van der Waals surface area contributed by atoms with Gasteiger partial charge in [-0.25, -0.2) is 32.2 Å². The van der Waals surface area contributed by atoms with Gasteiger partial charge in [0, 0.05) is 22.4 Å². The van der Waals surface area contributed by atoms with Crippen LogP contribution in [0.15, 0.2) is 85.5 Å². The quantitative estimate of drug-likeness (QED) is 0.0828. The van der Waals surface area contributed by atoms with Crippen LogP contribution in [0.25, 0.3) is 6.08 Å². The van der Waals surface area contributed by atoms with Crippen LogP contribution >= 0.6 is 19.6 Å². The van der Waals surface area contributed by atoms with Gasteiger partial charge in [0.1, 0.15) is 30.1 Å². The van der Waals surface area contributed by atoms with Crippen molar-refractivity contribution in [3.8, 4) is 6.07 Å². The molecular weight excluding hydrogens is 736 g/mol. The van der Waals surface area contributed by atoms with E-state index < -0.39 is 55.0 Å². The van der Waals surface area contributed by atoms with Crippen molar-refractivity contribution in [2.45, 2.75) is 49.4 Å². The number of hydrogen-bond acceptors (Lipinski definition) is 10. The van der Waals surface area contributed by atoms with E-state index in [2.05, 4.69) is 10.1 Å². The summed E-state index contributed by atoms with van der Waals surface area (Å²) < 4.78 is 79.9. The topological polar surface area (TPSA) is 166 Å². The average molecular weight is 771 g/mol. The Hall–Kier alpha value is -4.59. The summed E-state index contributed by atoms with van der Waals surface area (Å²) in [5, 5.41) is 11.9. The highest BCUT2D eigenvalue weighted by Crippen LogP contribution is 2.43. The molecule has 0 spiro atoms. The third-order valence-corrected chi connectivity index (χ3v) is 10.2. The van der Waals surface area contributed by atoms with E-state index in [0.29, 0.717) is 17.2 Å². The van der Waals surface area contributed by atoms with Crippen LogP contribution in [0.5, 0.6) is 0 Å². The van der Waals surface area contributed by atoms with E-state index in [1.807, 2.05) is 6.07 Å². The zero-order chi connectivity index (χ0) is 38.2. The molecule has 2 heterocycles. The molecule has 5 rings (SSSR count). The summed E-state index contributed by atoms with van der Waals surface area (Å²) in [7, 11) is -4.92. The van der Waals surface area contributed by atoms with Crippen molar-refractivity contribution < 1.29 is 51.1 Å². The molecule has 4 aromatic rings. The second-order valence-corrected chi connectivity index (χ2v) is 14.8. The van der Waals surface area contributed by atoms with Gasteiger partial charge < -0.3 is 24.0 Å². The molecule has 0 saturated carbocycles. The first-order valence-corrected chi connectivity index (χ1v) is 18.5. The highest BCUT2D eigenvalue weighted by atomic mass is 32.2. The number of nitriles is 1. The van der Waals surface area contributed by atoms with E-state index in [0.717, 1.165) is 12.1 Å². The maximum atomic E-state index is 15.8. The van der Waals surface area contributed by atoms with Crippen LogP contribution in [0.4, 0.5) is 13.2 Å². The number of allylic oxidation sites excluding steroid dienone is 2. The molecule has 53 heavy (non-hydrogen) atoms. The number of aromatic nitrogens is 3. The van der Waals surface area contributed by atoms with Crippen LogP contribution in [0.1, 0.15) is 45.1 Å². The van der Waals surface area contributed by atoms with Gasteiger partial charge >= 0.3 is 13.8 Å². The molecule has 0 bridgehead atoms. The number of carbonyl (C=O) groups excluding carboxylic acids is 1. The standard InChI is InChI=1S/C36H34F3N4O8PS/c1-23-6-5-8-29(30(23)19-50-52(45,46)47)35(44)51-36(20-43-22-41-21-42-43,31-13-12-27(37)15-33(31)39)24(2)53-28-17-48-34(49-18-28)9-4-3-7-26-11-10-25(16-40)14-32(26)38/h3-15,21-22,24,28,34H,17-20H2,1-2H3,(H2,45,46,47)/t24-,28?,34?,36-/m1/s1. The Morgan fingerprint density at radius 1 is 1.15 bits per heavy atom. The number of aryl methyl sites for hydroxylation is 1. The fourth-order valence-corrected chi connectivity index (χ4v) is 7.24. The van der Waals surface area contributed by atoms with Gasteiger partial charge in [-0.1, -0.05) is 36.4 Å². The first-order chi connectivity index (χ1) is 25.3. The lowest BCUT2D eigenvalue weighted by atomic mass is 9.89. The fraction of sp³-hybridized carbons (Fsp3) is 0.278. The van der Waals surface area contributed by atoms with E-state index in [1.165, 1.54) is 59.4 Å². The SMILES string of the molecule is Cc1cccc(C(=O)O[C@@](Cn2cncn2)(c2ccc(F)cc2F)[C@@H](C)SC2COC(C=CC=Cc3ccc(C#N)cc3F)OC2)c1COP(=O)(O)O. The van der Waals surface area contributed by atoms with Gasteiger partial charge in [-0.3, -0.25) is 4.52 Å². The van der Waals surface area contributed by atoms with Crippen LogP contribution in [-0.2, 0) is 42.1 Å². The summed E-state index contributed by atoms with van der Waals surface area (Å²) in [6, 6.07) is 13.5. The lowest BCUT2D eigenvalue weighted by molar-refractivity contribution is -0.146. The summed E-state index contributed by atoms with van der Waals surface area (Å²) in [6.45, 7) is 2.76. The first-order valence-electron chi connectivity index (χ1n) is 16.0. The van der Waals surface area contributed by atoms with Gasteiger partial charge in [-0.05, 0) is 61.4 Å². The van der Waals surface area contributed by atoms with Crippen molar-refractivity contribution in [3.63, 3.8) is 0 Å². The molecule has 278 valence electrons. The minimum atomic E-state index is -4.92. The third-order valence-electron chi connectivity index (χ3n) is 8.26. The molecule has 0 amide bonds. The molecule has 1 aromatic heterocycles. The average Bonchev–Trinajstić information content (AvgIpc) is 3.63. The Morgan fingerprint density at radius 3 is 2.58 bits per heavy atom. The molecule has 1 aliphatic rings. The van der Waals surface area contributed by atoms with Crippen molar-refractivity contribution in [3.05, 3.63) is 136 Å². The summed E-state index contributed by atoms with van der Waals surface area (Å²) >= 11 is 1.27. The van der Waals surface area contributed by atoms with Crippen LogP contribution in [0, 0.1) is 35.7 Å². The summed E-state index contributed by atoms with van der Waals surface area (Å²) in [6.07, 6.45) is 8.25. The number of phosphoric acid groups is 1. The molecule has 1 aliphatic heterocycles. The highest BCUT2D eigenvalue weighted by molar-refractivity contribution is 8.00. The minimum Gasteiger partial charge on any atom is -0.447 e. The lowest BCUT2D eigenvalue weighted by Crippen LogP contribution is -2.47. The van der Waals surface area contributed by atoms with Crippen LogP contribution in [0.3, 0.4) is 0 Å². The second kappa shape index (κ2) is 17.5. The molecule has 12 nitrogen and oxygen atoms in total. The van der Waals surface area contributed by atoms with Gasteiger partial charge in [0.15, 0.2) is 11.9 Å². The molecule has 17 heteroatoms. The van der Waals surface area contributed by atoms with E-state index in [4.69, 9.17) is 24.0 Å². The van der Waals surface area contributed by atoms with Gasteiger partial charge in [-0.15, -0.1) is 11.8 Å². The van der Waals surface area contributed by atoms with E-state index in [9.17, 15) is 27.9 Å². The van der Waals surface area contributed by atoms with Gasteiger partial charge in [0.05, 0.1) is 48.8 Å². The molecule has 1 saturated heterocycles. The maximum absolute atomic E-state index is 15.8. The normalized spacial score (nSPS) is 18.2. The van der Waals surface area contributed by atoms with Crippen molar-refractivity contribution >= 4 is 31.6 Å². The van der Waals surface area contributed by atoms with Crippen molar-refractivity contribution in [1.82, 2.24) is 14.8 Å². The number of esters is 1. The minimum absolute atomic E-state index is 0.0870. The molecule has 0 radical (unpaired) electrons. The van der Waals surface area contributed by atoms with Crippen LogP contribution in [0.2, 0.25) is 0 Å². The van der Waals surface area contributed by atoms with Crippen molar-refractivity contribution in [1.29, 1.82) is 5.26 Å². The van der Waals surface area contributed by atoms with E-state index >= 15 is 4.39 Å². The number of nitrogens with zero attached hydrogens (tertiary/aromatic N) is 4. The smallest absolute Gasteiger partial charge is 0.447 e. The molecule has 3 aromatic carbocycles. The van der Waals surface area contributed by atoms with Crippen molar-refractivity contribution in [2.75, 3.05) is 13.2 Å². The predicted molar refractivity (Wildman–Crippen MR) is 187 cm³/mol. The fourth-order valence-electron chi connectivity index (χ4n) is 5.58. The number of rotatable bonds is 14. The largest absolute Gasteiger partial charge is 0.469 e. The number of hydrogen-bond donors (Lipinski definition) is 2. The highest BCUT2D eigenvalue weighted by Gasteiger charge is 2.47. The number of carbonyl (C=O) groups is 1. The Balaban J connectivity index is 1.39. The number of ether oxygens (including phenoxy) is 3. The monoisotopic (exact) mass is 770 g/mol. The maximum Gasteiger partial charge on any atom is 0.469 e. The van der Waals surface area contributed by atoms with E-state index in [1.54, 1.807) is 44.2 Å². The van der Waals surface area contributed by atoms with Crippen molar-refractivity contribution in [2.24, 2.45) is 0 Å². The van der Waals surface area contributed by atoms with Gasteiger partial charge in [0.2, 0.25) is 0 Å². The second-order valence-electron chi connectivity index (χ2n) is 11.9. The van der Waals surface area contributed by atoms with Crippen LogP contribution < -0.4 is 0 Å². The Bertz CT molecular complexity index is 2070. The number of halogens is 3. The zero-order valence-electron chi connectivity index (χ0n) is 28.3. The van der Waals surface area contributed by atoms with Gasteiger partial charge in [-0.2, -0.15) is 10.4 Å². The lowest BCUT2D eigenvalue weighted by Gasteiger charge is -2.40. The summed E-state index contributed by atoms with van der Waals surface area (Å²) in [5.74, 6) is -3.35. The van der Waals surface area contributed by atoms with E-state index in [-0.39, 0.29) is 47.3 Å². The number of phosphoric ester groups is 1. The van der Waals surface area contributed by atoms with Gasteiger partial charge in [0.25, 0.3) is 0 Å². The third kappa shape index (κ3) is 10.3. The molecule has 0 aliphatic carbocycles. The predicted octanol–water partition coefficient (Wildman–Crippen LogP) is 6.37. The molecule has 1 fully saturated rings. The number of thioether (sulfide) groups is 1. The summed E-state index contributed by atoms with van der Waals surface area (Å²) in [5.41, 5.74) is -0.999. The Morgan fingerprint density at radius 2 is 1.92 bits per heavy atom. The summed E-state index contributed by atoms with van der Waals surface area (Å²) in [4.78, 5) is 36.8. The Labute approximate surface area is 307 Å². The molecular formula is C36H34F3N4O8PS.